The summed E-state index contributed by atoms with van der Waals surface area (Å²) in [4.78, 5) is 21.4. The molecule has 0 saturated carbocycles. The quantitative estimate of drug-likeness (QED) is 0.801. The van der Waals surface area contributed by atoms with Gasteiger partial charge in [-0.05, 0) is 31.4 Å². The number of hydrogen-bond donors (Lipinski definition) is 2. The summed E-state index contributed by atoms with van der Waals surface area (Å²) >= 11 is 1.84. The Bertz CT molecular complexity index is 691. The Kier molecular flexibility index (Phi) is 5.81. The fourth-order valence-electron chi connectivity index (χ4n) is 4.16. The van der Waals surface area contributed by atoms with Crippen LogP contribution in [0.5, 0.6) is 0 Å². The van der Waals surface area contributed by atoms with Gasteiger partial charge >= 0.3 is 0 Å². The number of likely N-dealkylation sites (tertiary alicyclic amines) is 1. The molecule has 2 N–H and O–H groups in total. The fraction of sp³-hybridized carbons (Fsp3) is 0.632. The molecule has 3 fully saturated rings. The van der Waals surface area contributed by atoms with E-state index in [9.17, 15) is 4.79 Å². The predicted molar refractivity (Wildman–Crippen MR) is 106 cm³/mol. The lowest BCUT2D eigenvalue weighted by atomic mass is 10.0. The molecule has 144 valence electrons. The van der Waals surface area contributed by atoms with Gasteiger partial charge in [0.2, 0.25) is 5.91 Å². The monoisotopic (exact) mass is 386 g/mol. The number of nitrogens with one attached hydrogen (secondary N) is 2. The van der Waals surface area contributed by atoms with Crippen molar-refractivity contribution in [2.75, 3.05) is 43.1 Å². The average Bonchev–Trinajstić information content (AvgIpc) is 3.41. The van der Waals surface area contributed by atoms with Gasteiger partial charge in [-0.3, -0.25) is 9.69 Å². The number of anilines is 1. The number of hydrogen-bond acceptors (Lipinski definition) is 7. The Morgan fingerprint density at radius 3 is 2.85 bits per heavy atom. The molecule has 1 aromatic rings. The van der Waals surface area contributed by atoms with Crippen LogP contribution in [0.2, 0.25) is 0 Å². The van der Waals surface area contributed by atoms with Crippen molar-refractivity contribution in [3.05, 3.63) is 23.9 Å². The van der Waals surface area contributed by atoms with E-state index in [1.807, 2.05) is 22.7 Å². The summed E-state index contributed by atoms with van der Waals surface area (Å²) in [5.41, 5.74) is 0.584. The second-order valence-electron chi connectivity index (χ2n) is 7.49. The van der Waals surface area contributed by atoms with E-state index in [1.54, 1.807) is 12.3 Å². The maximum Gasteiger partial charge on any atom is 0.240 e. The molecule has 8 heteroatoms. The van der Waals surface area contributed by atoms with Gasteiger partial charge < -0.3 is 15.5 Å². The molecular weight excluding hydrogens is 360 g/mol. The van der Waals surface area contributed by atoms with E-state index in [4.69, 9.17) is 5.26 Å². The van der Waals surface area contributed by atoms with Crippen LogP contribution in [0.3, 0.4) is 0 Å². The van der Waals surface area contributed by atoms with Gasteiger partial charge in [-0.25, -0.2) is 4.98 Å². The minimum atomic E-state index is -0.00704. The number of nitriles is 1. The number of pyridine rings is 1. The molecule has 0 radical (unpaired) electrons. The van der Waals surface area contributed by atoms with Crippen molar-refractivity contribution in [3.8, 4) is 6.07 Å². The highest BCUT2D eigenvalue weighted by Gasteiger charge is 2.36. The van der Waals surface area contributed by atoms with E-state index in [-0.39, 0.29) is 11.9 Å². The van der Waals surface area contributed by atoms with Gasteiger partial charge in [0.25, 0.3) is 0 Å². The molecule has 0 spiro atoms. The Hall–Kier alpha value is -1.82. The number of thioether (sulfide) groups is 1. The Morgan fingerprint density at radius 2 is 2.19 bits per heavy atom. The zero-order valence-electron chi connectivity index (χ0n) is 15.4. The first-order valence-electron chi connectivity index (χ1n) is 9.69. The van der Waals surface area contributed by atoms with Gasteiger partial charge in [0.15, 0.2) is 0 Å². The number of carbonyl (C=O) groups excluding carboxylic acids is 1. The van der Waals surface area contributed by atoms with Gasteiger partial charge in [-0.2, -0.15) is 5.26 Å². The average molecular weight is 387 g/mol. The van der Waals surface area contributed by atoms with E-state index >= 15 is 0 Å². The highest BCUT2D eigenvalue weighted by Crippen LogP contribution is 2.23. The van der Waals surface area contributed by atoms with Crippen LogP contribution >= 0.6 is 11.8 Å². The third-order valence-electron chi connectivity index (χ3n) is 5.76. The summed E-state index contributed by atoms with van der Waals surface area (Å²) in [6.07, 6.45) is 4.67. The molecule has 0 aromatic carbocycles. The van der Waals surface area contributed by atoms with Crippen LogP contribution in [0.15, 0.2) is 18.3 Å². The van der Waals surface area contributed by atoms with Crippen LogP contribution in [-0.2, 0) is 4.79 Å². The van der Waals surface area contributed by atoms with Crippen LogP contribution in [0.25, 0.3) is 0 Å². The number of rotatable bonds is 4. The summed E-state index contributed by atoms with van der Waals surface area (Å²) in [6, 6.07) is 6.63. The lowest BCUT2D eigenvalue weighted by Gasteiger charge is -2.36. The summed E-state index contributed by atoms with van der Waals surface area (Å²) < 4.78 is 0. The Labute approximate surface area is 164 Å². The topological polar surface area (TPSA) is 84.3 Å². The van der Waals surface area contributed by atoms with Gasteiger partial charge in [-0.15, -0.1) is 11.8 Å². The first-order chi connectivity index (χ1) is 13.2. The number of amides is 1. The molecule has 4 rings (SSSR count). The minimum Gasteiger partial charge on any atom is -0.367 e. The first kappa shape index (κ1) is 18.5. The van der Waals surface area contributed by atoms with Crippen molar-refractivity contribution in [1.82, 2.24) is 20.1 Å². The maximum atomic E-state index is 12.6. The zero-order valence-corrected chi connectivity index (χ0v) is 16.2. The molecule has 1 amide bonds. The largest absolute Gasteiger partial charge is 0.367 e. The van der Waals surface area contributed by atoms with Crippen molar-refractivity contribution in [2.45, 2.75) is 37.4 Å². The minimum absolute atomic E-state index is 0.00704. The lowest BCUT2D eigenvalue weighted by Crippen LogP contribution is -2.45. The first-order valence-corrected chi connectivity index (χ1v) is 10.8. The van der Waals surface area contributed by atoms with Crippen LogP contribution < -0.4 is 10.6 Å². The zero-order chi connectivity index (χ0) is 18.6. The van der Waals surface area contributed by atoms with Crippen LogP contribution in [-0.4, -0.2) is 76.6 Å². The van der Waals surface area contributed by atoms with Crippen molar-refractivity contribution < 1.29 is 4.79 Å². The third-order valence-corrected chi connectivity index (χ3v) is 6.73. The smallest absolute Gasteiger partial charge is 0.240 e. The van der Waals surface area contributed by atoms with E-state index in [1.165, 1.54) is 0 Å². The lowest BCUT2D eigenvalue weighted by molar-refractivity contribution is -0.131. The van der Waals surface area contributed by atoms with Gasteiger partial charge in [0.05, 0.1) is 17.5 Å². The second-order valence-corrected chi connectivity index (χ2v) is 8.56. The molecule has 3 aliphatic rings. The number of nitrogens with zero attached hydrogens (tertiary/aromatic N) is 4. The molecule has 3 aliphatic heterocycles. The highest BCUT2D eigenvalue weighted by molar-refractivity contribution is 7.99. The SMILES string of the molecule is N#Cc1ccc(NC2CCN([C@@H]3CN[C@H](C(=O)N4CCSC4)C3)CC2)nc1. The van der Waals surface area contributed by atoms with E-state index < -0.39 is 0 Å². The molecule has 1 aromatic heterocycles. The number of carbonyl (C=O) groups is 1. The normalized spacial score (nSPS) is 26.9. The molecule has 3 saturated heterocycles. The van der Waals surface area contributed by atoms with Crippen LogP contribution in [0.4, 0.5) is 5.82 Å². The van der Waals surface area contributed by atoms with Crippen LogP contribution in [0, 0.1) is 11.3 Å². The molecular formula is C19H26N6OS. The fourth-order valence-corrected chi connectivity index (χ4v) is 5.11. The molecule has 2 atom stereocenters. The van der Waals surface area contributed by atoms with Crippen molar-refractivity contribution in [3.63, 3.8) is 0 Å². The van der Waals surface area contributed by atoms with Crippen molar-refractivity contribution in [2.24, 2.45) is 0 Å². The Balaban J connectivity index is 1.23. The van der Waals surface area contributed by atoms with E-state index in [0.29, 0.717) is 17.6 Å². The predicted octanol–water partition coefficient (Wildman–Crippen LogP) is 1.09. The molecule has 4 heterocycles. The summed E-state index contributed by atoms with van der Waals surface area (Å²) in [5, 5.41) is 15.8. The van der Waals surface area contributed by atoms with Gasteiger partial charge in [0.1, 0.15) is 11.9 Å². The van der Waals surface area contributed by atoms with Gasteiger partial charge in [-0.1, -0.05) is 0 Å². The Morgan fingerprint density at radius 1 is 1.33 bits per heavy atom. The highest BCUT2D eigenvalue weighted by atomic mass is 32.2. The molecule has 27 heavy (non-hydrogen) atoms. The summed E-state index contributed by atoms with van der Waals surface area (Å²) in [5.74, 6) is 3.04. The van der Waals surface area contributed by atoms with Crippen molar-refractivity contribution in [1.29, 1.82) is 5.26 Å². The maximum absolute atomic E-state index is 12.6. The van der Waals surface area contributed by atoms with Gasteiger partial charge in [0, 0.05) is 50.2 Å². The summed E-state index contributed by atoms with van der Waals surface area (Å²) in [7, 11) is 0. The standard InChI is InChI=1S/C19H26N6OS/c20-10-14-1-2-18(22-11-14)23-15-3-5-24(6-4-15)16-9-17(21-12-16)19(26)25-7-8-27-13-25/h1-2,11,15-17,21H,3-9,12-13H2,(H,22,23)/t16-,17-/m0/s1. The molecule has 0 aliphatic carbocycles. The van der Waals surface area contributed by atoms with Crippen molar-refractivity contribution >= 4 is 23.5 Å². The van der Waals surface area contributed by atoms with Crippen LogP contribution in [0.1, 0.15) is 24.8 Å². The van der Waals surface area contributed by atoms with E-state index in [2.05, 4.69) is 26.6 Å². The van der Waals surface area contributed by atoms with E-state index in [0.717, 1.165) is 62.9 Å². The third kappa shape index (κ3) is 4.37. The molecule has 0 bridgehead atoms. The molecule has 7 nitrogen and oxygen atoms in total. The second kappa shape index (κ2) is 8.46. The number of piperidine rings is 1. The number of aromatic nitrogens is 1. The molecule has 0 unspecified atom stereocenters. The summed E-state index contributed by atoms with van der Waals surface area (Å²) in [6.45, 7) is 3.89.